The molecule has 0 unspecified atom stereocenters. The molecule has 2 aliphatic rings. The third kappa shape index (κ3) is 5.67. The molecule has 0 bridgehead atoms. The molecule has 3 heterocycles. The van der Waals surface area contributed by atoms with Crippen molar-refractivity contribution in [3.63, 3.8) is 0 Å². The molecule has 0 saturated carbocycles. The van der Waals surface area contributed by atoms with Crippen molar-refractivity contribution in [2.75, 3.05) is 49.6 Å². The monoisotopic (exact) mass is 547 g/mol. The van der Waals surface area contributed by atoms with Crippen molar-refractivity contribution >= 4 is 28.9 Å². The number of alkyl halides is 3. The number of rotatable bonds is 5. The lowest BCUT2D eigenvalue weighted by atomic mass is 10.0. The minimum absolute atomic E-state index is 0.0768. The fourth-order valence-corrected chi connectivity index (χ4v) is 5.33. The van der Waals surface area contributed by atoms with E-state index >= 15 is 0 Å². The van der Waals surface area contributed by atoms with Gasteiger partial charge in [0.05, 0.1) is 41.9 Å². The molecule has 202 valence electrons. The van der Waals surface area contributed by atoms with Gasteiger partial charge in [0.15, 0.2) is 0 Å². The summed E-state index contributed by atoms with van der Waals surface area (Å²) in [4.78, 5) is 17.2. The van der Waals surface area contributed by atoms with Crippen LogP contribution < -0.4 is 10.2 Å². The number of nitrogens with one attached hydrogen (secondary N) is 1. The van der Waals surface area contributed by atoms with Gasteiger partial charge in [-0.05, 0) is 62.2 Å². The highest BCUT2D eigenvalue weighted by Gasteiger charge is 2.37. The van der Waals surface area contributed by atoms with Crippen LogP contribution in [-0.4, -0.2) is 66.0 Å². The molecule has 7 nitrogen and oxygen atoms in total. The maximum atomic E-state index is 14.1. The molecule has 0 atom stereocenters. The summed E-state index contributed by atoms with van der Waals surface area (Å²) < 4.78 is 49.3. The summed E-state index contributed by atoms with van der Waals surface area (Å²) in [6.07, 6.45) is -1.57. The average molecular weight is 548 g/mol. The average Bonchev–Trinajstić information content (AvgIpc) is 3.30. The first kappa shape index (κ1) is 26.5. The molecule has 2 fully saturated rings. The summed E-state index contributed by atoms with van der Waals surface area (Å²) in [5.41, 5.74) is 1.000. The SMILES string of the molecule is Cc1c(C(=O)Nc2ccc(N3CCC(N4CCOCC4)CC3)c(C(F)(F)F)c2)cnn1-c1ccc(Cl)cc1. The maximum Gasteiger partial charge on any atom is 0.418 e. The van der Waals surface area contributed by atoms with Crippen LogP contribution in [0, 0.1) is 6.92 Å². The molecule has 1 aromatic heterocycles. The first-order chi connectivity index (χ1) is 18.2. The van der Waals surface area contributed by atoms with Crippen LogP contribution in [-0.2, 0) is 10.9 Å². The van der Waals surface area contributed by atoms with E-state index < -0.39 is 17.6 Å². The molecular formula is C27H29ClF3N5O2. The predicted octanol–water partition coefficient (Wildman–Crippen LogP) is 5.41. The van der Waals surface area contributed by atoms with Gasteiger partial charge in [-0.25, -0.2) is 4.68 Å². The quantitative estimate of drug-likeness (QED) is 0.463. The molecule has 3 aromatic rings. The van der Waals surface area contributed by atoms with Gasteiger partial charge < -0.3 is 15.0 Å². The van der Waals surface area contributed by atoms with E-state index in [-0.39, 0.29) is 16.9 Å². The van der Waals surface area contributed by atoms with Crippen molar-refractivity contribution in [2.45, 2.75) is 32.0 Å². The lowest BCUT2D eigenvalue weighted by Gasteiger charge is -2.41. The fourth-order valence-electron chi connectivity index (χ4n) is 5.20. The van der Waals surface area contributed by atoms with Gasteiger partial charge in [-0.1, -0.05) is 11.6 Å². The van der Waals surface area contributed by atoms with E-state index in [9.17, 15) is 18.0 Å². The first-order valence-electron chi connectivity index (χ1n) is 12.6. The van der Waals surface area contributed by atoms with Gasteiger partial charge in [0, 0.05) is 48.6 Å². The number of ether oxygens (including phenoxy) is 1. The van der Waals surface area contributed by atoms with Crippen molar-refractivity contribution in [3.8, 4) is 5.69 Å². The molecule has 0 aliphatic carbocycles. The van der Waals surface area contributed by atoms with Crippen molar-refractivity contribution in [3.05, 3.63) is 70.5 Å². The van der Waals surface area contributed by atoms with Crippen LogP contribution >= 0.6 is 11.6 Å². The van der Waals surface area contributed by atoms with Gasteiger partial charge >= 0.3 is 6.18 Å². The molecule has 1 N–H and O–H groups in total. The Hall–Kier alpha value is -3.08. The zero-order chi connectivity index (χ0) is 26.9. The number of hydrogen-bond acceptors (Lipinski definition) is 5. The summed E-state index contributed by atoms with van der Waals surface area (Å²) in [6, 6.07) is 11.3. The van der Waals surface area contributed by atoms with E-state index in [1.807, 2.05) is 0 Å². The Balaban J connectivity index is 1.31. The van der Waals surface area contributed by atoms with Gasteiger partial charge in [-0.15, -0.1) is 0 Å². The Morgan fingerprint density at radius 3 is 2.39 bits per heavy atom. The molecule has 11 heteroatoms. The minimum atomic E-state index is -4.56. The molecule has 5 rings (SSSR count). The second-order valence-corrected chi connectivity index (χ2v) is 10.0. The largest absolute Gasteiger partial charge is 0.418 e. The number of carbonyl (C=O) groups is 1. The second kappa shape index (κ2) is 11.0. The predicted molar refractivity (Wildman–Crippen MR) is 140 cm³/mol. The van der Waals surface area contributed by atoms with E-state index in [2.05, 4.69) is 15.3 Å². The lowest BCUT2D eigenvalue weighted by Crippen LogP contribution is -2.49. The van der Waals surface area contributed by atoms with Gasteiger partial charge in [0.1, 0.15) is 0 Å². The molecule has 2 aromatic carbocycles. The van der Waals surface area contributed by atoms with Crippen LogP contribution in [0.1, 0.15) is 34.5 Å². The maximum absolute atomic E-state index is 14.1. The van der Waals surface area contributed by atoms with Crippen molar-refractivity contribution < 1.29 is 22.7 Å². The number of carbonyl (C=O) groups excluding carboxylic acids is 1. The fraction of sp³-hybridized carbons (Fsp3) is 0.407. The number of aromatic nitrogens is 2. The number of nitrogens with zero attached hydrogens (tertiary/aromatic N) is 4. The number of amides is 1. The second-order valence-electron chi connectivity index (χ2n) is 9.58. The highest BCUT2D eigenvalue weighted by atomic mass is 35.5. The Bertz CT molecular complexity index is 1280. The highest BCUT2D eigenvalue weighted by Crippen LogP contribution is 2.39. The zero-order valence-corrected chi connectivity index (χ0v) is 21.7. The van der Waals surface area contributed by atoms with Gasteiger partial charge in [0.2, 0.25) is 0 Å². The first-order valence-corrected chi connectivity index (χ1v) is 13.0. The summed E-state index contributed by atoms with van der Waals surface area (Å²) in [6.45, 7) is 5.94. The number of morpholine rings is 1. The van der Waals surface area contributed by atoms with Crippen LogP contribution in [0.15, 0.2) is 48.7 Å². The van der Waals surface area contributed by atoms with E-state index in [0.717, 1.165) is 32.0 Å². The van der Waals surface area contributed by atoms with Crippen molar-refractivity contribution in [1.82, 2.24) is 14.7 Å². The van der Waals surface area contributed by atoms with Gasteiger partial charge in [-0.3, -0.25) is 9.69 Å². The molecule has 38 heavy (non-hydrogen) atoms. The highest BCUT2D eigenvalue weighted by molar-refractivity contribution is 6.30. The minimum Gasteiger partial charge on any atom is -0.379 e. The van der Waals surface area contributed by atoms with Crippen LogP contribution in [0.5, 0.6) is 0 Å². The number of halogens is 4. The Morgan fingerprint density at radius 1 is 1.05 bits per heavy atom. The molecule has 1 amide bonds. The van der Waals surface area contributed by atoms with Gasteiger partial charge in [0.25, 0.3) is 5.91 Å². The van der Waals surface area contributed by atoms with E-state index in [0.29, 0.717) is 48.7 Å². The Morgan fingerprint density at radius 2 is 1.74 bits per heavy atom. The van der Waals surface area contributed by atoms with Gasteiger partial charge in [-0.2, -0.15) is 18.3 Å². The molecule has 0 radical (unpaired) electrons. The van der Waals surface area contributed by atoms with Crippen LogP contribution in [0.2, 0.25) is 5.02 Å². The smallest absolute Gasteiger partial charge is 0.379 e. The normalized spacial score (nSPS) is 17.6. The number of benzene rings is 2. The van der Waals surface area contributed by atoms with Crippen molar-refractivity contribution in [2.24, 2.45) is 0 Å². The standard InChI is InChI=1S/C27H29ClF3N5O2/c1-18-23(17-32-36(18)22-5-2-19(28)3-6-22)26(37)33-20-4-7-25(24(16-20)27(29,30)31)35-10-8-21(9-11-35)34-12-14-38-15-13-34/h2-7,16-17,21H,8-15H2,1H3,(H,33,37). The topological polar surface area (TPSA) is 62.6 Å². The molecule has 2 saturated heterocycles. The van der Waals surface area contributed by atoms with E-state index in [1.165, 1.54) is 18.3 Å². The molecular weight excluding hydrogens is 519 g/mol. The summed E-state index contributed by atoms with van der Waals surface area (Å²) in [5, 5.41) is 7.45. The Labute approximate surface area is 224 Å². The number of hydrogen-bond donors (Lipinski definition) is 1. The molecule has 0 spiro atoms. The molecule has 2 aliphatic heterocycles. The van der Waals surface area contributed by atoms with E-state index in [4.69, 9.17) is 16.3 Å². The third-order valence-corrected chi connectivity index (χ3v) is 7.50. The van der Waals surface area contributed by atoms with Crippen molar-refractivity contribution in [1.29, 1.82) is 0 Å². The number of anilines is 2. The summed E-state index contributed by atoms with van der Waals surface area (Å²) in [5.74, 6) is -0.532. The lowest BCUT2D eigenvalue weighted by molar-refractivity contribution is -0.137. The van der Waals surface area contributed by atoms with Crippen LogP contribution in [0.4, 0.5) is 24.5 Å². The third-order valence-electron chi connectivity index (χ3n) is 7.25. The summed E-state index contributed by atoms with van der Waals surface area (Å²) >= 11 is 5.95. The van der Waals surface area contributed by atoms with Crippen LogP contribution in [0.3, 0.4) is 0 Å². The number of piperidine rings is 1. The van der Waals surface area contributed by atoms with E-state index in [1.54, 1.807) is 40.8 Å². The summed E-state index contributed by atoms with van der Waals surface area (Å²) in [7, 11) is 0. The Kier molecular flexibility index (Phi) is 7.65. The van der Waals surface area contributed by atoms with Crippen LogP contribution in [0.25, 0.3) is 5.69 Å². The zero-order valence-electron chi connectivity index (χ0n) is 21.0.